The fourth-order valence-corrected chi connectivity index (χ4v) is 2.96. The quantitative estimate of drug-likeness (QED) is 0.901. The average Bonchev–Trinajstić information content (AvgIpc) is 2.43. The van der Waals surface area contributed by atoms with Crippen molar-refractivity contribution in [3.63, 3.8) is 0 Å². The molecule has 1 aromatic carbocycles. The molecule has 1 aliphatic rings. The van der Waals surface area contributed by atoms with Crippen LogP contribution in [0.15, 0.2) is 18.2 Å². The molecule has 0 amide bonds. The summed E-state index contributed by atoms with van der Waals surface area (Å²) in [4.78, 5) is 12.9. The number of carbonyl (C=O) groups is 1. The van der Waals surface area contributed by atoms with Gasteiger partial charge in [-0.15, -0.1) is 0 Å². The highest BCUT2D eigenvalue weighted by Gasteiger charge is 2.23. The highest BCUT2D eigenvalue weighted by molar-refractivity contribution is 6.31. The van der Waals surface area contributed by atoms with Crippen LogP contribution in [-0.4, -0.2) is 28.6 Å². The van der Waals surface area contributed by atoms with E-state index in [1.165, 1.54) is 6.07 Å². The van der Waals surface area contributed by atoms with Gasteiger partial charge in [-0.2, -0.15) is 0 Å². The fraction of sp³-hybridized carbons (Fsp3) is 0.533. The number of likely N-dealkylation sites (tertiary alicyclic amines) is 1. The summed E-state index contributed by atoms with van der Waals surface area (Å²) in [6.45, 7) is 1.50. The maximum absolute atomic E-state index is 13.5. The molecular weight excluding hydrogens is 281 g/mol. The van der Waals surface area contributed by atoms with Crippen molar-refractivity contribution < 1.29 is 14.3 Å². The van der Waals surface area contributed by atoms with E-state index in [9.17, 15) is 9.18 Å². The fourth-order valence-electron chi connectivity index (χ4n) is 2.77. The summed E-state index contributed by atoms with van der Waals surface area (Å²) in [5.74, 6) is -1.16. The van der Waals surface area contributed by atoms with Gasteiger partial charge in [0.05, 0.1) is 5.02 Å². The monoisotopic (exact) mass is 299 g/mol. The van der Waals surface area contributed by atoms with Crippen LogP contribution in [0.25, 0.3) is 0 Å². The van der Waals surface area contributed by atoms with E-state index in [-0.39, 0.29) is 17.5 Å². The Morgan fingerprint density at radius 3 is 3.00 bits per heavy atom. The van der Waals surface area contributed by atoms with Crippen LogP contribution in [0.5, 0.6) is 0 Å². The van der Waals surface area contributed by atoms with Gasteiger partial charge in [0, 0.05) is 19.0 Å². The number of nitrogens with zero attached hydrogens (tertiary/aromatic N) is 1. The van der Waals surface area contributed by atoms with E-state index in [0.717, 1.165) is 31.4 Å². The smallest absolute Gasteiger partial charge is 0.303 e. The summed E-state index contributed by atoms with van der Waals surface area (Å²) in [6.07, 6.45) is 4.04. The zero-order valence-electron chi connectivity index (χ0n) is 11.3. The highest BCUT2D eigenvalue weighted by atomic mass is 35.5. The Kier molecular flexibility index (Phi) is 5.38. The topological polar surface area (TPSA) is 40.5 Å². The maximum Gasteiger partial charge on any atom is 0.303 e. The molecule has 0 aromatic heterocycles. The highest BCUT2D eigenvalue weighted by Crippen LogP contribution is 2.26. The van der Waals surface area contributed by atoms with Crippen LogP contribution in [0.2, 0.25) is 5.02 Å². The third-order valence-electron chi connectivity index (χ3n) is 3.85. The second-order valence-corrected chi connectivity index (χ2v) is 5.64. The van der Waals surface area contributed by atoms with E-state index in [0.29, 0.717) is 13.0 Å². The molecule has 0 aliphatic carbocycles. The average molecular weight is 300 g/mol. The standard InChI is InChI=1S/C15H19ClFNO2/c16-15-11(4-3-6-13(15)17)10-18-9-2-1-5-12(18)7-8-14(19)20/h3-4,6,12H,1-2,5,7-10H2,(H,19,20). The molecule has 0 bridgehead atoms. The van der Waals surface area contributed by atoms with Crippen molar-refractivity contribution >= 4 is 17.6 Å². The number of hydrogen-bond donors (Lipinski definition) is 1. The van der Waals surface area contributed by atoms with Crippen molar-refractivity contribution in [1.82, 2.24) is 4.90 Å². The van der Waals surface area contributed by atoms with Gasteiger partial charge in [-0.25, -0.2) is 4.39 Å². The summed E-state index contributed by atoms with van der Waals surface area (Å²) >= 11 is 5.99. The van der Waals surface area contributed by atoms with Gasteiger partial charge < -0.3 is 5.11 Å². The van der Waals surface area contributed by atoms with E-state index >= 15 is 0 Å². The van der Waals surface area contributed by atoms with Crippen LogP contribution in [0.3, 0.4) is 0 Å². The van der Waals surface area contributed by atoms with Crippen molar-refractivity contribution in [2.75, 3.05) is 6.54 Å². The van der Waals surface area contributed by atoms with Crippen LogP contribution in [0.1, 0.15) is 37.7 Å². The Hall–Kier alpha value is -1.13. The van der Waals surface area contributed by atoms with Crippen LogP contribution in [0.4, 0.5) is 4.39 Å². The predicted molar refractivity (Wildman–Crippen MR) is 76.3 cm³/mol. The van der Waals surface area contributed by atoms with Gasteiger partial charge in [-0.3, -0.25) is 9.69 Å². The first kappa shape index (κ1) is 15.3. The molecule has 0 radical (unpaired) electrons. The molecule has 110 valence electrons. The van der Waals surface area contributed by atoms with Gasteiger partial charge in [0.1, 0.15) is 5.82 Å². The number of hydrogen-bond acceptors (Lipinski definition) is 2. The lowest BCUT2D eigenvalue weighted by molar-refractivity contribution is -0.137. The van der Waals surface area contributed by atoms with Crippen molar-refractivity contribution in [2.45, 2.75) is 44.7 Å². The Morgan fingerprint density at radius 1 is 1.45 bits per heavy atom. The lowest BCUT2D eigenvalue weighted by Crippen LogP contribution is -2.39. The number of aliphatic carboxylic acids is 1. The molecule has 0 saturated carbocycles. The van der Waals surface area contributed by atoms with Gasteiger partial charge in [0.2, 0.25) is 0 Å². The first-order valence-corrected chi connectivity index (χ1v) is 7.34. The number of halogens is 2. The maximum atomic E-state index is 13.5. The molecule has 5 heteroatoms. The molecule has 1 aromatic rings. The van der Waals surface area contributed by atoms with E-state index in [1.54, 1.807) is 6.07 Å². The van der Waals surface area contributed by atoms with Crippen molar-refractivity contribution in [1.29, 1.82) is 0 Å². The second-order valence-electron chi connectivity index (χ2n) is 5.27. The molecule has 1 atom stereocenters. The minimum Gasteiger partial charge on any atom is -0.481 e. The second kappa shape index (κ2) is 7.04. The van der Waals surface area contributed by atoms with Crippen LogP contribution in [-0.2, 0) is 11.3 Å². The molecule has 1 saturated heterocycles. The lowest BCUT2D eigenvalue weighted by atomic mass is 9.97. The van der Waals surface area contributed by atoms with Crippen molar-refractivity contribution in [2.24, 2.45) is 0 Å². The number of benzene rings is 1. The summed E-state index contributed by atoms with van der Waals surface area (Å²) in [7, 11) is 0. The lowest BCUT2D eigenvalue weighted by Gasteiger charge is -2.35. The molecule has 1 heterocycles. The number of rotatable bonds is 5. The van der Waals surface area contributed by atoms with Gasteiger partial charge in [0.25, 0.3) is 0 Å². The first-order valence-electron chi connectivity index (χ1n) is 6.96. The molecular formula is C15H19ClFNO2. The molecule has 1 N–H and O–H groups in total. The molecule has 1 unspecified atom stereocenters. The summed E-state index contributed by atoms with van der Waals surface area (Å²) in [6, 6.07) is 5.09. The zero-order valence-corrected chi connectivity index (χ0v) is 12.1. The van der Waals surface area contributed by atoms with Gasteiger partial charge in [-0.05, 0) is 37.4 Å². The van der Waals surface area contributed by atoms with E-state index in [2.05, 4.69) is 4.90 Å². The van der Waals surface area contributed by atoms with Crippen LogP contribution >= 0.6 is 11.6 Å². The molecule has 20 heavy (non-hydrogen) atoms. The van der Waals surface area contributed by atoms with Gasteiger partial charge in [0.15, 0.2) is 0 Å². The Bertz CT molecular complexity index is 481. The summed E-state index contributed by atoms with van der Waals surface area (Å²) < 4.78 is 13.5. The minimum atomic E-state index is -0.765. The van der Waals surface area contributed by atoms with Crippen molar-refractivity contribution in [3.8, 4) is 0 Å². The van der Waals surface area contributed by atoms with Crippen LogP contribution < -0.4 is 0 Å². The SMILES string of the molecule is O=C(O)CCC1CCCCN1Cc1cccc(F)c1Cl. The number of carboxylic acid groups (broad SMARTS) is 1. The van der Waals surface area contributed by atoms with E-state index < -0.39 is 11.8 Å². The third kappa shape index (κ3) is 3.93. The van der Waals surface area contributed by atoms with Crippen LogP contribution in [0, 0.1) is 5.82 Å². The van der Waals surface area contributed by atoms with E-state index in [4.69, 9.17) is 16.7 Å². The molecule has 3 nitrogen and oxygen atoms in total. The summed E-state index contributed by atoms with van der Waals surface area (Å²) in [5.41, 5.74) is 0.772. The largest absolute Gasteiger partial charge is 0.481 e. The molecule has 2 rings (SSSR count). The Balaban J connectivity index is 2.04. The Labute approximate surface area is 123 Å². The normalized spacial score (nSPS) is 20.0. The number of carboxylic acids is 1. The van der Waals surface area contributed by atoms with Gasteiger partial charge in [-0.1, -0.05) is 30.2 Å². The molecule has 0 spiro atoms. The minimum absolute atomic E-state index is 0.176. The third-order valence-corrected chi connectivity index (χ3v) is 4.27. The van der Waals surface area contributed by atoms with E-state index in [1.807, 2.05) is 6.07 Å². The van der Waals surface area contributed by atoms with Crippen molar-refractivity contribution in [3.05, 3.63) is 34.6 Å². The Morgan fingerprint density at radius 2 is 2.25 bits per heavy atom. The first-order chi connectivity index (χ1) is 9.58. The summed E-state index contributed by atoms with van der Waals surface area (Å²) in [5, 5.41) is 8.99. The number of piperidine rings is 1. The molecule has 1 aliphatic heterocycles. The molecule has 1 fully saturated rings. The predicted octanol–water partition coefficient (Wildman–Crippen LogP) is 3.70. The zero-order chi connectivity index (χ0) is 14.5. The van der Waals surface area contributed by atoms with Gasteiger partial charge >= 0.3 is 5.97 Å².